The van der Waals surface area contributed by atoms with E-state index in [0.717, 1.165) is 22.1 Å². The number of ether oxygens (including phenoxy) is 1. The number of rotatable bonds is 5. The molecule has 2 aliphatic heterocycles. The molecule has 39 heavy (non-hydrogen) atoms. The van der Waals surface area contributed by atoms with Crippen LogP contribution in [0.3, 0.4) is 0 Å². The zero-order chi connectivity index (χ0) is 27.8. The number of amides is 1. The molecule has 1 aliphatic carbocycles. The van der Waals surface area contributed by atoms with Gasteiger partial charge in [-0.2, -0.15) is 0 Å². The molecule has 3 aliphatic rings. The van der Waals surface area contributed by atoms with Gasteiger partial charge < -0.3 is 24.8 Å². The van der Waals surface area contributed by atoms with E-state index in [1.54, 1.807) is 24.5 Å². The molecular formula is C29H30FN3O6. The molecule has 4 heterocycles. The quantitative estimate of drug-likeness (QED) is 0.335. The van der Waals surface area contributed by atoms with E-state index in [1.807, 2.05) is 0 Å². The number of aryl methyl sites for hydroxylation is 1. The van der Waals surface area contributed by atoms with Crippen molar-refractivity contribution in [2.75, 3.05) is 6.61 Å². The number of nitrogens with one attached hydrogen (secondary N) is 1. The number of esters is 1. The van der Waals surface area contributed by atoms with Gasteiger partial charge in [-0.15, -0.1) is 0 Å². The first-order chi connectivity index (χ1) is 18.6. The predicted molar refractivity (Wildman–Crippen MR) is 140 cm³/mol. The highest BCUT2D eigenvalue weighted by molar-refractivity contribution is 5.93. The van der Waals surface area contributed by atoms with Crippen LogP contribution >= 0.6 is 0 Å². The lowest BCUT2D eigenvalue weighted by molar-refractivity contribution is -0.172. The van der Waals surface area contributed by atoms with Gasteiger partial charge in [0, 0.05) is 48.1 Å². The maximum atomic E-state index is 15.1. The number of halogens is 1. The maximum absolute atomic E-state index is 15.1. The van der Waals surface area contributed by atoms with Crippen molar-refractivity contribution in [1.29, 1.82) is 0 Å². The van der Waals surface area contributed by atoms with E-state index in [-0.39, 0.29) is 66.5 Å². The Morgan fingerprint density at radius 1 is 1.31 bits per heavy atom. The van der Waals surface area contributed by atoms with Gasteiger partial charge in [-0.1, -0.05) is 6.92 Å². The molecule has 0 unspecified atom stereocenters. The van der Waals surface area contributed by atoms with Gasteiger partial charge in [0.05, 0.1) is 29.0 Å². The summed E-state index contributed by atoms with van der Waals surface area (Å²) in [6.45, 7) is 4.68. The lowest BCUT2D eigenvalue weighted by Gasteiger charge is -2.34. The summed E-state index contributed by atoms with van der Waals surface area (Å²) in [5, 5.41) is 24.8. The number of carbonyl (C=O) groups excluding carboxylic acids is 2. The Labute approximate surface area is 223 Å². The number of pyridine rings is 2. The first-order valence-corrected chi connectivity index (χ1v) is 13.3. The standard InChI is InChI=1S/C29H30FN3O6/c1-4-29(38)19-9-23-26-17(11-33(23)27(36)18(19)12-39-28(29)37)24-16(21(7-8-34)31-14(3)35)6-5-15-13(2)20(30)10-22(32-26)25(15)24/h9-10,16,21,34,38H,4-8,11-12H2,1-3H3,(H,31,35)/t16-,21+,29+/m1/s1. The van der Waals surface area contributed by atoms with Gasteiger partial charge in [0.15, 0.2) is 5.60 Å². The van der Waals surface area contributed by atoms with E-state index >= 15 is 4.39 Å². The van der Waals surface area contributed by atoms with E-state index in [2.05, 4.69) is 5.32 Å². The third-order valence-electron chi connectivity index (χ3n) is 8.74. The number of aliphatic hydroxyl groups excluding tert-OH is 1. The second-order valence-corrected chi connectivity index (χ2v) is 10.8. The molecule has 1 aromatic carbocycles. The van der Waals surface area contributed by atoms with Gasteiger partial charge in [0.25, 0.3) is 5.56 Å². The molecule has 0 bridgehead atoms. The molecule has 6 rings (SSSR count). The van der Waals surface area contributed by atoms with Crippen LogP contribution in [0.5, 0.6) is 0 Å². The second-order valence-electron chi connectivity index (χ2n) is 10.8. The normalized spacial score (nSPS) is 21.7. The Bertz CT molecular complexity index is 1650. The van der Waals surface area contributed by atoms with Crippen LogP contribution in [0, 0.1) is 12.7 Å². The van der Waals surface area contributed by atoms with Crippen molar-refractivity contribution >= 4 is 22.8 Å². The smallest absolute Gasteiger partial charge is 0.343 e. The van der Waals surface area contributed by atoms with Crippen LogP contribution < -0.4 is 10.9 Å². The molecule has 0 radical (unpaired) electrons. The Balaban J connectivity index is 1.66. The first-order valence-electron chi connectivity index (χ1n) is 13.3. The summed E-state index contributed by atoms with van der Waals surface area (Å²) in [7, 11) is 0. The third kappa shape index (κ3) is 3.57. The molecule has 3 N–H and O–H groups in total. The fourth-order valence-electron chi connectivity index (χ4n) is 6.77. The van der Waals surface area contributed by atoms with E-state index in [4.69, 9.17) is 9.72 Å². The summed E-state index contributed by atoms with van der Waals surface area (Å²) in [4.78, 5) is 43.2. The molecule has 3 atom stereocenters. The Hall–Kier alpha value is -3.63. The van der Waals surface area contributed by atoms with Crippen LogP contribution in [0.25, 0.3) is 22.3 Å². The molecule has 9 nitrogen and oxygen atoms in total. The number of hydrogen-bond donors (Lipinski definition) is 3. The fourth-order valence-corrected chi connectivity index (χ4v) is 6.77. The van der Waals surface area contributed by atoms with E-state index in [9.17, 15) is 24.6 Å². The molecular weight excluding hydrogens is 505 g/mol. The van der Waals surface area contributed by atoms with Crippen molar-refractivity contribution in [3.8, 4) is 11.4 Å². The van der Waals surface area contributed by atoms with E-state index < -0.39 is 11.6 Å². The first kappa shape index (κ1) is 25.6. The summed E-state index contributed by atoms with van der Waals surface area (Å²) >= 11 is 0. The number of aromatic nitrogens is 2. The van der Waals surface area contributed by atoms with Gasteiger partial charge in [0.2, 0.25) is 5.91 Å². The number of nitrogens with zero attached hydrogens (tertiary/aromatic N) is 2. The van der Waals surface area contributed by atoms with Crippen molar-refractivity contribution in [3.05, 3.63) is 61.7 Å². The molecule has 204 valence electrons. The number of benzene rings is 1. The maximum Gasteiger partial charge on any atom is 0.343 e. The molecule has 0 fully saturated rings. The minimum atomic E-state index is -1.95. The summed E-state index contributed by atoms with van der Waals surface area (Å²) in [5.41, 5.74) is 2.58. The third-order valence-corrected chi connectivity index (χ3v) is 8.74. The highest BCUT2D eigenvalue weighted by Crippen LogP contribution is 2.47. The van der Waals surface area contributed by atoms with Gasteiger partial charge in [-0.25, -0.2) is 14.2 Å². The number of aliphatic hydroxyl groups is 2. The summed E-state index contributed by atoms with van der Waals surface area (Å²) in [6.07, 6.45) is 1.57. The average molecular weight is 536 g/mol. The molecule has 3 aromatic rings. The number of fused-ring (bicyclic) bond motifs is 5. The zero-order valence-corrected chi connectivity index (χ0v) is 22.1. The van der Waals surface area contributed by atoms with Gasteiger partial charge >= 0.3 is 5.97 Å². The Kier molecular flexibility index (Phi) is 5.89. The Morgan fingerprint density at radius 2 is 2.08 bits per heavy atom. The molecule has 0 saturated heterocycles. The molecule has 1 amide bonds. The van der Waals surface area contributed by atoms with Crippen LogP contribution in [0.4, 0.5) is 4.39 Å². The van der Waals surface area contributed by atoms with Crippen LogP contribution in [-0.2, 0) is 39.5 Å². The van der Waals surface area contributed by atoms with Crippen molar-refractivity contribution in [3.63, 3.8) is 0 Å². The van der Waals surface area contributed by atoms with Gasteiger partial charge in [-0.05, 0) is 55.4 Å². The summed E-state index contributed by atoms with van der Waals surface area (Å²) in [6, 6.07) is 2.67. The number of hydrogen-bond acceptors (Lipinski definition) is 7. The highest BCUT2D eigenvalue weighted by Gasteiger charge is 2.46. The highest BCUT2D eigenvalue weighted by atomic mass is 19.1. The van der Waals surface area contributed by atoms with E-state index in [0.29, 0.717) is 41.7 Å². The van der Waals surface area contributed by atoms with Crippen molar-refractivity contribution in [1.82, 2.24) is 14.9 Å². The van der Waals surface area contributed by atoms with Crippen LogP contribution in [0.15, 0.2) is 16.9 Å². The topological polar surface area (TPSA) is 131 Å². The van der Waals surface area contributed by atoms with Gasteiger partial charge in [0.1, 0.15) is 12.4 Å². The zero-order valence-electron chi connectivity index (χ0n) is 22.1. The lowest BCUT2D eigenvalue weighted by Crippen LogP contribution is -2.44. The van der Waals surface area contributed by atoms with Crippen molar-refractivity contribution in [2.24, 2.45) is 0 Å². The molecule has 2 aromatic heterocycles. The second kappa shape index (κ2) is 8.96. The molecule has 10 heteroatoms. The number of cyclic esters (lactones) is 1. The largest absolute Gasteiger partial charge is 0.458 e. The molecule has 0 spiro atoms. The summed E-state index contributed by atoms with van der Waals surface area (Å²) in [5.74, 6) is -1.58. The minimum Gasteiger partial charge on any atom is -0.458 e. The van der Waals surface area contributed by atoms with Crippen molar-refractivity contribution in [2.45, 2.75) is 77.2 Å². The Morgan fingerprint density at radius 3 is 2.77 bits per heavy atom. The lowest BCUT2D eigenvalue weighted by atomic mass is 9.74. The molecule has 0 saturated carbocycles. The van der Waals surface area contributed by atoms with Crippen LogP contribution in [-0.4, -0.2) is 44.3 Å². The monoisotopic (exact) mass is 535 g/mol. The SMILES string of the molecule is CC[C@@]1(O)C(=O)OCc2c1cc1n(c2=O)Cc2c-1nc1cc(F)c(C)c3c1c2[C@@H]([C@H](CCO)NC(C)=O)CC3. The van der Waals surface area contributed by atoms with Crippen molar-refractivity contribution < 1.29 is 28.9 Å². The number of carbonyl (C=O) groups is 2. The van der Waals surface area contributed by atoms with E-state index in [1.165, 1.54) is 13.0 Å². The van der Waals surface area contributed by atoms with Gasteiger partial charge in [-0.3, -0.25) is 9.59 Å². The van der Waals surface area contributed by atoms with Crippen LogP contribution in [0.1, 0.15) is 72.4 Å². The predicted octanol–water partition coefficient (Wildman–Crippen LogP) is 2.44. The van der Waals surface area contributed by atoms with Crippen LogP contribution in [0.2, 0.25) is 0 Å². The summed E-state index contributed by atoms with van der Waals surface area (Å²) < 4.78 is 21.8. The average Bonchev–Trinajstić information content (AvgIpc) is 3.28. The fraction of sp³-hybridized carbons (Fsp3) is 0.448. The minimum absolute atomic E-state index is 0.0282.